The molecular weight excluding hydrogens is 507 g/mol. The second-order valence-electron chi connectivity index (χ2n) is 7.19. The molecule has 3 heterocycles. The number of thioether (sulfide) groups is 1. The van der Waals surface area contributed by atoms with Crippen LogP contribution in [0.4, 0.5) is 5.13 Å². The van der Waals surface area contributed by atoms with Gasteiger partial charge in [-0.25, -0.2) is 9.97 Å². The fourth-order valence-corrected chi connectivity index (χ4v) is 6.07. The zero-order chi connectivity index (χ0) is 23.7. The molecule has 34 heavy (non-hydrogen) atoms. The highest BCUT2D eigenvalue weighted by Crippen LogP contribution is 2.28. The van der Waals surface area contributed by atoms with Crippen LogP contribution < -0.4 is 10.9 Å². The number of anilines is 1. The smallest absolute Gasteiger partial charge is 0.278 e. The number of hydrogen-bond acceptors (Lipinski definition) is 8. The normalized spacial score (nSPS) is 11.1. The van der Waals surface area contributed by atoms with E-state index in [1.807, 2.05) is 66.1 Å². The van der Waals surface area contributed by atoms with Gasteiger partial charge in [-0.15, -0.1) is 11.3 Å². The third-order valence-electron chi connectivity index (χ3n) is 4.96. The topological polar surface area (TPSA) is 81.8 Å². The number of amides is 1. The number of nitrogens with one attached hydrogen (secondary N) is 1. The van der Waals surface area contributed by atoms with Crippen molar-refractivity contribution in [3.05, 3.63) is 86.0 Å². The summed E-state index contributed by atoms with van der Waals surface area (Å²) in [6.45, 7) is 1.99. The van der Waals surface area contributed by atoms with Crippen LogP contribution in [0.25, 0.3) is 21.7 Å². The first-order valence-corrected chi connectivity index (χ1v) is 13.2. The summed E-state index contributed by atoms with van der Waals surface area (Å²) in [6.07, 6.45) is 1.63. The fourth-order valence-electron chi connectivity index (χ4n) is 3.43. The Hall–Kier alpha value is -3.12. The zero-order valence-corrected chi connectivity index (χ0v) is 21.1. The van der Waals surface area contributed by atoms with Crippen LogP contribution in [-0.2, 0) is 4.79 Å². The maximum atomic E-state index is 13.7. The van der Waals surface area contributed by atoms with E-state index >= 15 is 0 Å². The summed E-state index contributed by atoms with van der Waals surface area (Å²) in [5, 5.41) is 5.49. The van der Waals surface area contributed by atoms with E-state index in [4.69, 9.17) is 17.2 Å². The lowest BCUT2D eigenvalue weighted by molar-refractivity contribution is -0.113. The molecule has 0 aliphatic rings. The highest BCUT2D eigenvalue weighted by atomic mass is 32.2. The van der Waals surface area contributed by atoms with Gasteiger partial charge in [-0.3, -0.25) is 18.7 Å². The van der Waals surface area contributed by atoms with E-state index < -0.39 is 0 Å². The van der Waals surface area contributed by atoms with Crippen molar-refractivity contribution in [2.24, 2.45) is 0 Å². The number of carbonyl (C=O) groups is 1. The predicted octanol–water partition coefficient (Wildman–Crippen LogP) is 5.46. The van der Waals surface area contributed by atoms with Crippen molar-refractivity contribution in [1.29, 1.82) is 0 Å². The van der Waals surface area contributed by atoms with Crippen LogP contribution in [-0.4, -0.2) is 30.8 Å². The van der Waals surface area contributed by atoms with Crippen molar-refractivity contribution in [3.63, 3.8) is 0 Å². The Morgan fingerprint density at radius 2 is 1.88 bits per heavy atom. The van der Waals surface area contributed by atoms with Crippen LogP contribution in [0.3, 0.4) is 0 Å². The molecular formula is C23H17N5O2S4. The number of rotatable bonds is 6. The van der Waals surface area contributed by atoms with Gasteiger partial charge in [-0.2, -0.15) is 0 Å². The van der Waals surface area contributed by atoms with Crippen LogP contribution in [0.1, 0.15) is 5.56 Å². The molecule has 0 aliphatic heterocycles. The lowest BCUT2D eigenvalue weighted by Crippen LogP contribution is -2.22. The number of nitrogens with zero attached hydrogens (tertiary/aromatic N) is 4. The molecule has 1 amide bonds. The number of para-hydroxylation sites is 2. The Balaban J connectivity index is 1.64. The quantitative estimate of drug-likeness (QED) is 0.181. The zero-order valence-electron chi connectivity index (χ0n) is 17.8. The molecule has 1 N–H and O–H groups in total. The molecule has 5 rings (SSSR count). The monoisotopic (exact) mass is 523 g/mol. The van der Waals surface area contributed by atoms with Crippen molar-refractivity contribution in [2.45, 2.75) is 12.1 Å². The highest BCUT2D eigenvalue weighted by Gasteiger charge is 2.20. The molecule has 170 valence electrons. The number of carbonyl (C=O) groups excluding carboxylic acids is 1. The molecule has 11 heteroatoms. The first-order valence-electron chi connectivity index (χ1n) is 10.1. The third-order valence-corrected chi connectivity index (χ3v) is 7.94. The Labute approximate surface area is 211 Å². The van der Waals surface area contributed by atoms with Gasteiger partial charge in [0.2, 0.25) is 5.91 Å². The molecule has 5 aromatic rings. The molecule has 0 spiro atoms. The summed E-state index contributed by atoms with van der Waals surface area (Å²) in [7, 11) is 0. The van der Waals surface area contributed by atoms with E-state index in [1.54, 1.807) is 11.6 Å². The summed E-state index contributed by atoms with van der Waals surface area (Å²) < 4.78 is 4.38. The number of aromatic nitrogens is 4. The highest BCUT2D eigenvalue weighted by molar-refractivity contribution is 7.99. The van der Waals surface area contributed by atoms with Gasteiger partial charge in [0.15, 0.2) is 19.9 Å². The third kappa shape index (κ3) is 4.34. The van der Waals surface area contributed by atoms with Gasteiger partial charge in [0, 0.05) is 11.6 Å². The van der Waals surface area contributed by atoms with E-state index in [0.717, 1.165) is 11.3 Å². The van der Waals surface area contributed by atoms with Gasteiger partial charge in [-0.05, 0) is 42.9 Å². The minimum Gasteiger partial charge on any atom is -0.301 e. The van der Waals surface area contributed by atoms with Crippen LogP contribution >= 0.6 is 46.7 Å². The van der Waals surface area contributed by atoms with Gasteiger partial charge >= 0.3 is 0 Å². The second-order valence-corrected chi connectivity index (χ2v) is 10.7. The molecule has 3 aromatic heterocycles. The van der Waals surface area contributed by atoms with Crippen LogP contribution in [0.2, 0.25) is 0 Å². The summed E-state index contributed by atoms with van der Waals surface area (Å²) >= 11 is 9.42. The van der Waals surface area contributed by atoms with Crippen LogP contribution in [0.15, 0.2) is 76.1 Å². The van der Waals surface area contributed by atoms with Gasteiger partial charge in [0.25, 0.3) is 5.56 Å². The van der Waals surface area contributed by atoms with E-state index in [2.05, 4.69) is 10.3 Å². The number of thiazole rings is 2. The minimum absolute atomic E-state index is 0.0690. The summed E-state index contributed by atoms with van der Waals surface area (Å²) in [5.74, 6) is -0.158. The molecule has 0 radical (unpaired) electrons. The van der Waals surface area contributed by atoms with Crippen molar-refractivity contribution < 1.29 is 4.79 Å². The SMILES string of the molecule is Cc1ccccc1-n1c(=S)sc2c(=O)n(-c3ccccc3)c(SCC(=O)Nc3nccs3)nc21. The number of benzene rings is 2. The van der Waals surface area contributed by atoms with E-state index in [-0.39, 0.29) is 17.2 Å². The van der Waals surface area contributed by atoms with E-state index in [0.29, 0.717) is 30.3 Å². The molecule has 2 aromatic carbocycles. The number of fused-ring (bicyclic) bond motifs is 1. The molecule has 0 fully saturated rings. The van der Waals surface area contributed by atoms with Crippen molar-refractivity contribution >= 4 is 68.0 Å². The fraction of sp³-hybridized carbons (Fsp3) is 0.0870. The molecule has 7 nitrogen and oxygen atoms in total. The summed E-state index contributed by atoms with van der Waals surface area (Å²) in [6, 6.07) is 17.1. The van der Waals surface area contributed by atoms with Gasteiger partial charge in [0.1, 0.15) is 4.70 Å². The Kier molecular flexibility index (Phi) is 6.42. The van der Waals surface area contributed by atoms with Crippen molar-refractivity contribution in [2.75, 3.05) is 11.1 Å². The van der Waals surface area contributed by atoms with Crippen molar-refractivity contribution in [3.8, 4) is 11.4 Å². The molecule has 0 unspecified atom stereocenters. The van der Waals surface area contributed by atoms with E-state index in [1.165, 1.54) is 39.0 Å². The summed E-state index contributed by atoms with van der Waals surface area (Å²) in [4.78, 5) is 35.1. The van der Waals surface area contributed by atoms with Crippen molar-refractivity contribution in [1.82, 2.24) is 19.1 Å². The maximum Gasteiger partial charge on any atom is 0.278 e. The number of hydrogen-bond donors (Lipinski definition) is 1. The lowest BCUT2D eigenvalue weighted by atomic mass is 10.2. The maximum absolute atomic E-state index is 13.7. The van der Waals surface area contributed by atoms with Crippen LogP contribution in [0.5, 0.6) is 0 Å². The lowest BCUT2D eigenvalue weighted by Gasteiger charge is -2.13. The first kappa shape index (κ1) is 22.7. The van der Waals surface area contributed by atoms with Gasteiger partial charge < -0.3 is 5.32 Å². The standard InChI is InChI=1S/C23H17N5O2S4/c1-14-7-5-6-10-16(14)28-19-18(34-23(28)31)20(30)27(15-8-3-2-4-9-15)22(26-19)33-13-17(29)25-21-24-11-12-32-21/h2-12H,13H2,1H3,(H,24,25,29). The minimum atomic E-state index is -0.227. The van der Waals surface area contributed by atoms with Gasteiger partial charge in [0.05, 0.1) is 17.1 Å². The average molecular weight is 524 g/mol. The largest absolute Gasteiger partial charge is 0.301 e. The van der Waals surface area contributed by atoms with Crippen LogP contribution in [0, 0.1) is 10.9 Å². The molecule has 0 atom stereocenters. The predicted molar refractivity (Wildman–Crippen MR) is 142 cm³/mol. The molecule has 0 aliphatic carbocycles. The molecule has 0 bridgehead atoms. The summed E-state index contributed by atoms with van der Waals surface area (Å²) in [5.41, 5.74) is 2.84. The second kappa shape index (κ2) is 9.63. The molecule has 0 saturated heterocycles. The Morgan fingerprint density at radius 1 is 1.12 bits per heavy atom. The van der Waals surface area contributed by atoms with E-state index in [9.17, 15) is 9.59 Å². The van der Waals surface area contributed by atoms with Gasteiger partial charge in [-0.1, -0.05) is 59.5 Å². The number of aryl methyl sites for hydroxylation is 1. The Morgan fingerprint density at radius 3 is 2.62 bits per heavy atom. The Bertz CT molecular complexity index is 1600. The average Bonchev–Trinajstić information content (AvgIpc) is 3.46. The molecule has 0 saturated carbocycles. The first-order chi connectivity index (χ1) is 16.5.